The van der Waals surface area contributed by atoms with Gasteiger partial charge in [0, 0.05) is 31.4 Å². The largest absolute Gasteiger partial charge is 0.488 e. The quantitative estimate of drug-likeness (QED) is 0.386. The lowest BCUT2D eigenvalue weighted by molar-refractivity contribution is -0.138. The Balaban J connectivity index is 1.72. The van der Waals surface area contributed by atoms with Crippen LogP contribution in [-0.2, 0) is 12.7 Å². The summed E-state index contributed by atoms with van der Waals surface area (Å²) in [5.74, 6) is -0.927. The Morgan fingerprint density at radius 2 is 1.91 bits per heavy atom. The molecule has 178 valence electrons. The monoisotopic (exact) mass is 468 g/mol. The van der Waals surface area contributed by atoms with Crippen molar-refractivity contribution in [1.82, 2.24) is 9.80 Å². The van der Waals surface area contributed by atoms with Crippen LogP contribution in [0.25, 0.3) is 0 Å². The van der Waals surface area contributed by atoms with Crippen LogP contribution in [0.15, 0.2) is 36.4 Å². The van der Waals surface area contributed by atoms with Crippen molar-refractivity contribution < 1.29 is 32.4 Å². The highest BCUT2D eigenvalue weighted by atomic mass is 19.4. The number of anilines is 2. The number of rotatable bonds is 6. The molecule has 0 bridgehead atoms. The lowest BCUT2D eigenvalue weighted by Gasteiger charge is -2.22. The van der Waals surface area contributed by atoms with Crippen LogP contribution >= 0.6 is 0 Å². The molecule has 1 saturated heterocycles. The first kappa shape index (κ1) is 25.0. The molecule has 1 fully saturated rings. The molecule has 1 aliphatic rings. The Kier molecular flexibility index (Phi) is 7.63. The second kappa shape index (κ2) is 10.1. The van der Waals surface area contributed by atoms with Crippen molar-refractivity contribution in [2.75, 3.05) is 37.8 Å². The number of carbonyl (C=O) groups excluding carboxylic acids is 1. The van der Waals surface area contributed by atoms with Crippen molar-refractivity contribution in [1.29, 1.82) is 0 Å². The summed E-state index contributed by atoms with van der Waals surface area (Å²) in [7, 11) is 2.00. The number of likely N-dealkylation sites (tertiary alicyclic amines) is 1. The van der Waals surface area contributed by atoms with Crippen LogP contribution in [0.1, 0.15) is 17.5 Å². The molecule has 1 unspecified atom stereocenters. The summed E-state index contributed by atoms with van der Waals surface area (Å²) in [6, 6.07) is 6.04. The number of carbonyl (C=O) groups is 1. The summed E-state index contributed by atoms with van der Waals surface area (Å²) >= 11 is 0. The molecule has 4 N–H and O–H groups in total. The average molecular weight is 468 g/mol. The van der Waals surface area contributed by atoms with Gasteiger partial charge in [0.05, 0.1) is 11.3 Å². The maximum absolute atomic E-state index is 14.0. The van der Waals surface area contributed by atoms with Crippen LogP contribution in [0, 0.1) is 5.82 Å². The summed E-state index contributed by atoms with van der Waals surface area (Å²) in [6.45, 7) is 1.50. The molecule has 1 heterocycles. The van der Waals surface area contributed by atoms with Crippen molar-refractivity contribution in [2.24, 2.45) is 0 Å². The van der Waals surface area contributed by atoms with Crippen LogP contribution in [0.3, 0.4) is 0 Å². The topological polar surface area (TPSA) is 88.1 Å². The van der Waals surface area contributed by atoms with Crippen molar-refractivity contribution >= 4 is 30.0 Å². The smallest absolute Gasteiger partial charge is 0.423 e. The molecule has 1 aliphatic heterocycles. The molecule has 0 aromatic heterocycles. The molecular formula is C21H25BF4N4O3. The third-order valence-electron chi connectivity index (χ3n) is 5.58. The maximum Gasteiger partial charge on any atom is 0.488 e. The number of likely N-dealkylation sites (N-methyl/N-ethyl adjacent to an activating group) is 1. The number of hydrogen-bond donors (Lipinski definition) is 4. The SMILES string of the molecule is CN(C)C1CCN(Cc2ccc(NC(=O)Nc3ccc(B(O)O)cc3F)cc2C(F)(F)F)C1. The van der Waals surface area contributed by atoms with Gasteiger partial charge in [-0.2, -0.15) is 13.2 Å². The van der Waals surface area contributed by atoms with E-state index in [1.165, 1.54) is 18.2 Å². The number of benzene rings is 2. The van der Waals surface area contributed by atoms with Gasteiger partial charge in [-0.3, -0.25) is 4.90 Å². The molecule has 0 radical (unpaired) electrons. The number of alkyl halides is 3. The highest BCUT2D eigenvalue weighted by Crippen LogP contribution is 2.35. The van der Waals surface area contributed by atoms with Crippen molar-refractivity contribution in [3.8, 4) is 0 Å². The first-order valence-corrected chi connectivity index (χ1v) is 10.3. The first-order chi connectivity index (χ1) is 15.4. The van der Waals surface area contributed by atoms with E-state index < -0.39 is 30.7 Å². The number of amides is 2. The number of hydrogen-bond acceptors (Lipinski definition) is 5. The normalized spacial score (nSPS) is 16.8. The van der Waals surface area contributed by atoms with Gasteiger partial charge >= 0.3 is 19.3 Å². The van der Waals surface area contributed by atoms with E-state index in [2.05, 4.69) is 15.5 Å². The van der Waals surface area contributed by atoms with Gasteiger partial charge in [0.15, 0.2) is 0 Å². The minimum absolute atomic E-state index is 0.0982. The standard InChI is InChI=1S/C21H25BF4N4O3/c1-29(2)16-7-8-30(12-16)11-13-3-5-15(10-17(13)21(24,25)26)27-20(31)28-19-6-4-14(22(32)33)9-18(19)23/h3-6,9-10,16,32-33H,7-8,11-12H2,1-2H3,(H2,27,28,31). The molecule has 7 nitrogen and oxygen atoms in total. The molecule has 2 aromatic carbocycles. The third kappa shape index (κ3) is 6.44. The molecule has 0 aliphatic carbocycles. The van der Waals surface area contributed by atoms with E-state index >= 15 is 0 Å². The second-order valence-corrected chi connectivity index (χ2v) is 8.20. The Morgan fingerprint density at radius 3 is 2.48 bits per heavy atom. The minimum Gasteiger partial charge on any atom is -0.423 e. The molecule has 33 heavy (non-hydrogen) atoms. The average Bonchev–Trinajstić information content (AvgIpc) is 3.18. The highest BCUT2D eigenvalue weighted by molar-refractivity contribution is 6.58. The van der Waals surface area contributed by atoms with Gasteiger partial charge in [-0.1, -0.05) is 12.1 Å². The van der Waals surface area contributed by atoms with Gasteiger partial charge in [-0.25, -0.2) is 9.18 Å². The molecule has 0 saturated carbocycles. The van der Waals surface area contributed by atoms with Crippen LogP contribution in [0.5, 0.6) is 0 Å². The lowest BCUT2D eigenvalue weighted by atomic mass is 9.80. The third-order valence-corrected chi connectivity index (χ3v) is 5.58. The Labute approximate surface area is 189 Å². The van der Waals surface area contributed by atoms with E-state index in [9.17, 15) is 22.4 Å². The molecule has 2 aromatic rings. The zero-order valence-electron chi connectivity index (χ0n) is 18.2. The summed E-state index contributed by atoms with van der Waals surface area (Å²) in [4.78, 5) is 16.2. The minimum atomic E-state index is -4.61. The number of nitrogens with one attached hydrogen (secondary N) is 2. The molecule has 3 rings (SSSR count). The van der Waals surface area contributed by atoms with E-state index in [1.54, 1.807) is 0 Å². The van der Waals surface area contributed by atoms with Crippen molar-refractivity contribution in [3.63, 3.8) is 0 Å². The molecule has 0 spiro atoms. The fourth-order valence-corrected chi connectivity index (χ4v) is 3.75. The predicted octanol–water partition coefficient (Wildman–Crippen LogP) is 2.30. The van der Waals surface area contributed by atoms with E-state index in [0.717, 1.165) is 24.6 Å². The second-order valence-electron chi connectivity index (χ2n) is 8.20. The number of urea groups is 1. The number of halogens is 4. The zero-order chi connectivity index (χ0) is 24.3. The van der Waals surface area contributed by atoms with Gasteiger partial charge in [-0.05, 0) is 55.8 Å². The maximum atomic E-state index is 14.0. The highest BCUT2D eigenvalue weighted by Gasteiger charge is 2.35. The summed E-state index contributed by atoms with van der Waals surface area (Å²) in [5.41, 5.74) is -1.22. The summed E-state index contributed by atoms with van der Waals surface area (Å²) < 4.78 is 55.1. The Bertz CT molecular complexity index is 1000. The Hall–Kier alpha value is -2.67. The fraction of sp³-hybridized carbons (Fsp3) is 0.381. The van der Waals surface area contributed by atoms with Gasteiger partial charge in [0.2, 0.25) is 0 Å². The predicted molar refractivity (Wildman–Crippen MR) is 118 cm³/mol. The van der Waals surface area contributed by atoms with Crippen molar-refractivity contribution in [2.45, 2.75) is 25.2 Å². The van der Waals surface area contributed by atoms with Gasteiger partial charge in [0.1, 0.15) is 5.82 Å². The Morgan fingerprint density at radius 1 is 1.18 bits per heavy atom. The molecule has 2 amide bonds. The fourth-order valence-electron chi connectivity index (χ4n) is 3.75. The van der Waals surface area contributed by atoms with Crippen LogP contribution in [0.4, 0.5) is 33.7 Å². The molecule has 12 heteroatoms. The molecular weight excluding hydrogens is 443 g/mol. The first-order valence-electron chi connectivity index (χ1n) is 10.3. The van der Waals surface area contributed by atoms with Gasteiger partial charge in [0.25, 0.3) is 0 Å². The van der Waals surface area contributed by atoms with Crippen molar-refractivity contribution in [3.05, 3.63) is 53.3 Å². The van der Waals surface area contributed by atoms with E-state index in [-0.39, 0.29) is 28.9 Å². The number of nitrogens with zero attached hydrogens (tertiary/aromatic N) is 2. The van der Waals surface area contributed by atoms with E-state index in [4.69, 9.17) is 10.0 Å². The van der Waals surface area contributed by atoms with Gasteiger partial charge < -0.3 is 25.6 Å². The van der Waals surface area contributed by atoms with Crippen LogP contribution in [0.2, 0.25) is 0 Å². The van der Waals surface area contributed by atoms with E-state index in [0.29, 0.717) is 19.1 Å². The lowest BCUT2D eigenvalue weighted by Crippen LogP contribution is -2.31. The van der Waals surface area contributed by atoms with E-state index in [1.807, 2.05) is 19.0 Å². The molecule has 1 atom stereocenters. The van der Waals surface area contributed by atoms with Crippen LogP contribution in [-0.4, -0.2) is 66.2 Å². The summed E-state index contributed by atoms with van der Waals surface area (Å²) in [5, 5.41) is 22.6. The zero-order valence-corrected chi connectivity index (χ0v) is 18.2. The summed E-state index contributed by atoms with van der Waals surface area (Å²) in [6.07, 6.45) is -3.74. The van der Waals surface area contributed by atoms with Gasteiger partial charge in [-0.15, -0.1) is 0 Å². The van der Waals surface area contributed by atoms with Crippen LogP contribution < -0.4 is 16.1 Å².